The van der Waals surface area contributed by atoms with Gasteiger partial charge in [0.1, 0.15) is 11.6 Å². The number of nitrogens with two attached hydrogens (primary N) is 1. The monoisotopic (exact) mass is 389 g/mol. The first-order valence-electron chi connectivity index (χ1n) is 8.39. The fraction of sp³-hybridized carbons (Fsp3) is 0.278. The van der Waals surface area contributed by atoms with E-state index in [1.807, 2.05) is 13.8 Å². The minimum Gasteiger partial charge on any atom is -0.469 e. The summed E-state index contributed by atoms with van der Waals surface area (Å²) in [5, 5.41) is 8.57. The molecule has 0 atom stereocenters. The van der Waals surface area contributed by atoms with Gasteiger partial charge >= 0.3 is 0 Å². The molecular weight excluding hydrogens is 369 g/mol. The van der Waals surface area contributed by atoms with Crippen LogP contribution in [0.25, 0.3) is 11.4 Å². The summed E-state index contributed by atoms with van der Waals surface area (Å²) in [6.45, 7) is 4.56. The van der Waals surface area contributed by atoms with Gasteiger partial charge in [0.25, 0.3) is 0 Å². The number of hydrogen-bond donors (Lipinski definition) is 1. The lowest BCUT2D eigenvalue weighted by molar-refractivity contribution is -0.128. The van der Waals surface area contributed by atoms with Gasteiger partial charge in [-0.2, -0.15) is 0 Å². The van der Waals surface area contributed by atoms with Crippen molar-refractivity contribution in [3.05, 3.63) is 53.7 Å². The SMILES string of the molecule is CCN(Cc1cccc(F)c1)C(=O)CSc1nnc(-c2ccoc2C)n1N. The lowest BCUT2D eigenvalue weighted by atomic mass is 10.2. The number of nitrogen functional groups attached to an aromatic ring is 1. The molecule has 9 heteroatoms. The molecule has 3 rings (SSSR count). The van der Waals surface area contributed by atoms with E-state index in [2.05, 4.69) is 10.2 Å². The van der Waals surface area contributed by atoms with Crippen molar-refractivity contribution in [1.82, 2.24) is 19.8 Å². The van der Waals surface area contributed by atoms with Crippen molar-refractivity contribution in [1.29, 1.82) is 0 Å². The van der Waals surface area contributed by atoms with Crippen molar-refractivity contribution in [2.75, 3.05) is 18.1 Å². The van der Waals surface area contributed by atoms with Crippen molar-refractivity contribution in [3.8, 4) is 11.4 Å². The summed E-state index contributed by atoms with van der Waals surface area (Å²) in [5.74, 6) is 6.98. The van der Waals surface area contributed by atoms with Crippen molar-refractivity contribution in [3.63, 3.8) is 0 Å². The minimum absolute atomic E-state index is 0.0872. The Bertz CT molecular complexity index is 939. The van der Waals surface area contributed by atoms with Gasteiger partial charge in [-0.25, -0.2) is 9.07 Å². The van der Waals surface area contributed by atoms with Gasteiger partial charge in [-0.1, -0.05) is 23.9 Å². The Labute approximate surface area is 160 Å². The fourth-order valence-corrected chi connectivity index (χ4v) is 3.38. The number of carbonyl (C=O) groups is 1. The molecule has 0 radical (unpaired) electrons. The van der Waals surface area contributed by atoms with Crippen LogP contribution in [0, 0.1) is 12.7 Å². The Morgan fingerprint density at radius 3 is 2.85 bits per heavy atom. The average molecular weight is 389 g/mol. The maximum atomic E-state index is 13.3. The van der Waals surface area contributed by atoms with E-state index in [0.29, 0.717) is 29.8 Å². The smallest absolute Gasteiger partial charge is 0.233 e. The summed E-state index contributed by atoms with van der Waals surface area (Å²) in [7, 11) is 0. The van der Waals surface area contributed by atoms with Gasteiger partial charge in [0.05, 0.1) is 17.6 Å². The molecule has 0 saturated carbocycles. The molecular formula is C18H20FN5O2S. The molecule has 3 aromatic rings. The zero-order chi connectivity index (χ0) is 19.4. The minimum atomic E-state index is -0.316. The van der Waals surface area contributed by atoms with Crippen molar-refractivity contribution >= 4 is 17.7 Å². The number of benzene rings is 1. The normalized spacial score (nSPS) is 10.9. The molecule has 0 aliphatic rings. The Kier molecular flexibility index (Phi) is 5.80. The van der Waals surface area contributed by atoms with E-state index in [1.165, 1.54) is 28.6 Å². The molecule has 2 N–H and O–H groups in total. The first-order chi connectivity index (χ1) is 13.0. The fourth-order valence-electron chi connectivity index (χ4n) is 2.63. The lowest BCUT2D eigenvalue weighted by Crippen LogP contribution is -2.32. The van der Waals surface area contributed by atoms with Crippen LogP contribution in [-0.2, 0) is 11.3 Å². The van der Waals surface area contributed by atoms with Gasteiger partial charge in [0, 0.05) is 13.1 Å². The topological polar surface area (TPSA) is 90.2 Å². The number of hydrogen-bond acceptors (Lipinski definition) is 6. The Morgan fingerprint density at radius 1 is 1.37 bits per heavy atom. The van der Waals surface area contributed by atoms with Crippen LogP contribution < -0.4 is 5.84 Å². The van der Waals surface area contributed by atoms with E-state index < -0.39 is 0 Å². The zero-order valence-electron chi connectivity index (χ0n) is 15.1. The number of aromatic nitrogens is 3. The van der Waals surface area contributed by atoms with Crippen LogP contribution in [0.5, 0.6) is 0 Å². The quantitative estimate of drug-likeness (QED) is 0.494. The third kappa shape index (κ3) is 4.30. The second-order valence-electron chi connectivity index (χ2n) is 5.89. The predicted octanol–water partition coefficient (Wildman–Crippen LogP) is 2.84. The molecule has 0 aliphatic carbocycles. The standard InChI is InChI=1S/C18H20FN5O2S/c1-3-23(10-13-5-4-6-14(19)9-13)16(25)11-27-18-22-21-17(24(18)20)15-7-8-26-12(15)2/h4-9H,3,10-11,20H2,1-2H3. The number of thioether (sulfide) groups is 1. The Balaban J connectivity index is 1.64. The van der Waals surface area contributed by atoms with Gasteiger partial charge in [-0.05, 0) is 37.6 Å². The highest BCUT2D eigenvalue weighted by Gasteiger charge is 2.18. The van der Waals surface area contributed by atoms with Crippen LogP contribution in [0.3, 0.4) is 0 Å². The highest BCUT2D eigenvalue weighted by atomic mass is 32.2. The van der Waals surface area contributed by atoms with E-state index in [9.17, 15) is 9.18 Å². The first-order valence-corrected chi connectivity index (χ1v) is 9.38. The van der Waals surface area contributed by atoms with E-state index >= 15 is 0 Å². The molecule has 1 amide bonds. The van der Waals surface area contributed by atoms with Gasteiger partial charge in [0.2, 0.25) is 11.1 Å². The van der Waals surface area contributed by atoms with Crippen LogP contribution in [0.2, 0.25) is 0 Å². The van der Waals surface area contributed by atoms with Gasteiger partial charge in [0.15, 0.2) is 5.82 Å². The molecule has 2 aromatic heterocycles. The molecule has 2 heterocycles. The van der Waals surface area contributed by atoms with Crippen molar-refractivity contribution < 1.29 is 13.6 Å². The molecule has 0 unspecified atom stereocenters. The molecule has 0 bridgehead atoms. The highest BCUT2D eigenvalue weighted by Crippen LogP contribution is 2.25. The summed E-state index contributed by atoms with van der Waals surface area (Å²) < 4.78 is 19.9. The maximum absolute atomic E-state index is 13.3. The van der Waals surface area contributed by atoms with Gasteiger partial charge in [-0.15, -0.1) is 10.2 Å². The average Bonchev–Trinajstić information content (AvgIpc) is 3.23. The van der Waals surface area contributed by atoms with E-state index in [-0.39, 0.29) is 17.5 Å². The van der Waals surface area contributed by atoms with Crippen molar-refractivity contribution in [2.24, 2.45) is 0 Å². The second-order valence-corrected chi connectivity index (χ2v) is 6.84. The van der Waals surface area contributed by atoms with E-state index in [1.54, 1.807) is 29.4 Å². The number of rotatable bonds is 7. The molecule has 27 heavy (non-hydrogen) atoms. The largest absolute Gasteiger partial charge is 0.469 e. The molecule has 7 nitrogen and oxygen atoms in total. The number of aryl methyl sites for hydroxylation is 1. The van der Waals surface area contributed by atoms with Gasteiger partial charge in [-0.3, -0.25) is 4.79 Å². The van der Waals surface area contributed by atoms with E-state index in [4.69, 9.17) is 10.3 Å². The van der Waals surface area contributed by atoms with Crippen molar-refractivity contribution in [2.45, 2.75) is 25.5 Å². The number of carbonyl (C=O) groups excluding carboxylic acids is 1. The summed E-state index contributed by atoms with van der Waals surface area (Å²) in [5.41, 5.74) is 1.50. The number of nitrogens with zero attached hydrogens (tertiary/aromatic N) is 4. The predicted molar refractivity (Wildman–Crippen MR) is 101 cm³/mol. The molecule has 0 spiro atoms. The van der Waals surface area contributed by atoms with Crippen LogP contribution in [0.15, 0.2) is 46.2 Å². The number of furan rings is 1. The zero-order valence-corrected chi connectivity index (χ0v) is 15.9. The number of halogens is 1. The molecule has 0 saturated heterocycles. The summed E-state index contributed by atoms with van der Waals surface area (Å²) in [6, 6.07) is 8.00. The lowest BCUT2D eigenvalue weighted by Gasteiger charge is -2.20. The summed E-state index contributed by atoms with van der Waals surface area (Å²) >= 11 is 1.20. The molecule has 0 fully saturated rings. The first kappa shape index (κ1) is 19.0. The van der Waals surface area contributed by atoms with Crippen LogP contribution in [0.1, 0.15) is 18.2 Å². The van der Waals surface area contributed by atoms with E-state index in [0.717, 1.165) is 11.1 Å². The molecule has 1 aromatic carbocycles. The van der Waals surface area contributed by atoms with Crippen LogP contribution in [-0.4, -0.2) is 38.0 Å². The van der Waals surface area contributed by atoms with Crippen LogP contribution >= 0.6 is 11.8 Å². The molecule has 142 valence electrons. The second kappa shape index (κ2) is 8.26. The third-order valence-electron chi connectivity index (χ3n) is 4.09. The third-order valence-corrected chi connectivity index (χ3v) is 5.01. The van der Waals surface area contributed by atoms with Crippen LogP contribution in [0.4, 0.5) is 4.39 Å². The maximum Gasteiger partial charge on any atom is 0.233 e. The van der Waals surface area contributed by atoms with Gasteiger partial charge < -0.3 is 15.2 Å². The molecule has 0 aliphatic heterocycles. The number of amides is 1. The Hall–Kier alpha value is -2.81. The summed E-state index contributed by atoms with van der Waals surface area (Å²) in [4.78, 5) is 14.2. The summed E-state index contributed by atoms with van der Waals surface area (Å²) in [6.07, 6.45) is 1.56. The highest BCUT2D eigenvalue weighted by molar-refractivity contribution is 7.99. The Morgan fingerprint density at radius 2 is 2.19 bits per heavy atom.